The number of nitrogens with zero attached hydrogens (tertiary/aromatic N) is 3. The molecule has 9 nitrogen and oxygen atoms in total. The van der Waals surface area contributed by atoms with E-state index in [-0.39, 0.29) is 5.69 Å². The molecule has 1 heterocycles. The van der Waals surface area contributed by atoms with Crippen LogP contribution in [0.5, 0.6) is 23.0 Å². The van der Waals surface area contributed by atoms with Gasteiger partial charge >= 0.3 is 0 Å². The van der Waals surface area contributed by atoms with Gasteiger partial charge in [-0.05, 0) is 36.4 Å². The van der Waals surface area contributed by atoms with Crippen LogP contribution in [-0.4, -0.2) is 50.5 Å². The predicted molar refractivity (Wildman–Crippen MR) is 115 cm³/mol. The molecule has 0 aliphatic carbocycles. The van der Waals surface area contributed by atoms with Gasteiger partial charge in [0.25, 0.3) is 5.91 Å². The average Bonchev–Trinajstić information content (AvgIpc) is 2.83. The summed E-state index contributed by atoms with van der Waals surface area (Å²) in [5.74, 6) is 1.66. The van der Waals surface area contributed by atoms with E-state index >= 15 is 0 Å². The van der Waals surface area contributed by atoms with Gasteiger partial charge in [-0.3, -0.25) is 9.78 Å². The first-order valence-electron chi connectivity index (χ1n) is 9.19. The second kappa shape index (κ2) is 10.1. The third-order valence-corrected chi connectivity index (χ3v) is 4.32. The second-order valence-electron chi connectivity index (χ2n) is 6.18. The Balaban J connectivity index is 1.74. The molecule has 0 radical (unpaired) electrons. The van der Waals surface area contributed by atoms with Gasteiger partial charge in [0.1, 0.15) is 11.4 Å². The molecule has 1 aromatic heterocycles. The summed E-state index contributed by atoms with van der Waals surface area (Å²) in [5.41, 5.74) is 4.59. The van der Waals surface area contributed by atoms with Gasteiger partial charge in [0, 0.05) is 11.1 Å². The van der Waals surface area contributed by atoms with Crippen molar-refractivity contribution in [2.45, 2.75) is 0 Å². The van der Waals surface area contributed by atoms with E-state index in [1.165, 1.54) is 33.7 Å². The van der Waals surface area contributed by atoms with Crippen molar-refractivity contribution in [2.24, 2.45) is 5.10 Å². The number of hydrazone groups is 1. The van der Waals surface area contributed by atoms with E-state index in [1.807, 2.05) is 24.3 Å². The number of benzene rings is 2. The third kappa shape index (κ3) is 5.08. The Morgan fingerprint density at radius 1 is 0.935 bits per heavy atom. The first kappa shape index (κ1) is 21.6. The van der Waals surface area contributed by atoms with Crippen LogP contribution < -0.4 is 24.4 Å². The molecule has 0 bridgehead atoms. The van der Waals surface area contributed by atoms with Crippen LogP contribution >= 0.6 is 0 Å². The maximum absolute atomic E-state index is 12.4. The largest absolute Gasteiger partial charge is 0.497 e. The number of hydrogen-bond donors (Lipinski definition) is 1. The molecule has 3 aromatic rings. The SMILES string of the molecule is COc1ccc(-c2cncc(C(=O)NN=Cc3cc(OC)c(OC)c(OC)c3)n2)cc1. The van der Waals surface area contributed by atoms with Gasteiger partial charge < -0.3 is 18.9 Å². The highest BCUT2D eigenvalue weighted by molar-refractivity contribution is 5.93. The summed E-state index contributed by atoms with van der Waals surface area (Å²) < 4.78 is 21.1. The first-order valence-corrected chi connectivity index (χ1v) is 9.19. The van der Waals surface area contributed by atoms with Crippen molar-refractivity contribution in [1.29, 1.82) is 0 Å². The van der Waals surface area contributed by atoms with Crippen molar-refractivity contribution in [2.75, 3.05) is 28.4 Å². The summed E-state index contributed by atoms with van der Waals surface area (Å²) in [6.45, 7) is 0. The smallest absolute Gasteiger partial charge is 0.291 e. The Kier molecular flexibility index (Phi) is 7.00. The minimum atomic E-state index is -0.494. The predicted octanol–water partition coefficient (Wildman–Crippen LogP) is 2.94. The monoisotopic (exact) mass is 422 g/mol. The molecule has 0 fully saturated rings. The van der Waals surface area contributed by atoms with Crippen molar-refractivity contribution >= 4 is 12.1 Å². The summed E-state index contributed by atoms with van der Waals surface area (Å²) in [4.78, 5) is 20.9. The molecule has 0 atom stereocenters. The fourth-order valence-corrected chi connectivity index (χ4v) is 2.77. The molecule has 0 aliphatic heterocycles. The topological polar surface area (TPSA) is 104 Å². The molecular weight excluding hydrogens is 400 g/mol. The van der Waals surface area contributed by atoms with Crippen LogP contribution in [0.15, 0.2) is 53.9 Å². The quantitative estimate of drug-likeness (QED) is 0.440. The average molecular weight is 422 g/mol. The lowest BCUT2D eigenvalue weighted by Gasteiger charge is -2.12. The third-order valence-electron chi connectivity index (χ3n) is 4.32. The fourth-order valence-electron chi connectivity index (χ4n) is 2.77. The number of amides is 1. The maximum Gasteiger partial charge on any atom is 0.291 e. The molecule has 31 heavy (non-hydrogen) atoms. The minimum absolute atomic E-state index is 0.135. The van der Waals surface area contributed by atoms with Crippen LogP contribution in [0.25, 0.3) is 11.3 Å². The zero-order chi connectivity index (χ0) is 22.2. The van der Waals surface area contributed by atoms with E-state index in [0.29, 0.717) is 28.5 Å². The van der Waals surface area contributed by atoms with E-state index in [2.05, 4.69) is 20.5 Å². The molecule has 0 spiro atoms. The van der Waals surface area contributed by atoms with E-state index in [0.717, 1.165) is 11.3 Å². The van der Waals surface area contributed by atoms with Gasteiger partial charge in [-0.25, -0.2) is 10.4 Å². The molecule has 0 aliphatic rings. The fraction of sp³-hybridized carbons (Fsp3) is 0.182. The normalized spacial score (nSPS) is 10.6. The highest BCUT2D eigenvalue weighted by atomic mass is 16.5. The van der Waals surface area contributed by atoms with Crippen LogP contribution in [0.4, 0.5) is 0 Å². The number of methoxy groups -OCH3 is 4. The van der Waals surface area contributed by atoms with Gasteiger partial charge in [0.15, 0.2) is 11.5 Å². The molecular formula is C22H22N4O5. The van der Waals surface area contributed by atoms with Gasteiger partial charge in [-0.1, -0.05) is 0 Å². The Hall–Kier alpha value is -4.14. The summed E-state index contributed by atoms with van der Waals surface area (Å²) in [6.07, 6.45) is 4.41. The standard InChI is InChI=1S/C22H22N4O5/c1-28-16-7-5-15(6-8-16)17-12-23-13-18(25-17)22(27)26-24-11-14-9-19(29-2)21(31-4)20(10-14)30-3/h5-13H,1-4H3,(H,26,27). The molecule has 1 amide bonds. The molecule has 1 N–H and O–H groups in total. The van der Waals surface area contributed by atoms with E-state index in [4.69, 9.17) is 18.9 Å². The number of ether oxygens (including phenoxy) is 4. The van der Waals surface area contributed by atoms with Crippen molar-refractivity contribution in [1.82, 2.24) is 15.4 Å². The summed E-state index contributed by atoms with van der Waals surface area (Å²) in [6, 6.07) is 10.7. The number of aromatic nitrogens is 2. The van der Waals surface area contributed by atoms with Crippen molar-refractivity contribution in [3.63, 3.8) is 0 Å². The highest BCUT2D eigenvalue weighted by Crippen LogP contribution is 2.37. The number of rotatable bonds is 8. The van der Waals surface area contributed by atoms with Gasteiger partial charge in [-0.15, -0.1) is 0 Å². The van der Waals surface area contributed by atoms with Crippen LogP contribution in [0.3, 0.4) is 0 Å². The van der Waals surface area contributed by atoms with E-state index in [1.54, 1.807) is 25.4 Å². The van der Waals surface area contributed by atoms with Crippen LogP contribution in [0, 0.1) is 0 Å². The number of hydrogen-bond acceptors (Lipinski definition) is 8. The lowest BCUT2D eigenvalue weighted by molar-refractivity contribution is 0.0950. The molecule has 0 saturated heterocycles. The van der Waals surface area contributed by atoms with Gasteiger partial charge in [-0.2, -0.15) is 5.10 Å². The summed E-state index contributed by atoms with van der Waals surface area (Å²) in [5, 5.41) is 3.99. The van der Waals surface area contributed by atoms with E-state index in [9.17, 15) is 4.79 Å². The van der Waals surface area contributed by atoms with Crippen LogP contribution in [-0.2, 0) is 0 Å². The Morgan fingerprint density at radius 2 is 1.61 bits per heavy atom. The molecule has 160 valence electrons. The van der Waals surface area contributed by atoms with Gasteiger partial charge in [0.05, 0.1) is 52.7 Å². The summed E-state index contributed by atoms with van der Waals surface area (Å²) in [7, 11) is 6.16. The van der Waals surface area contributed by atoms with E-state index < -0.39 is 5.91 Å². The Labute approximate surface area is 179 Å². The molecule has 3 rings (SSSR count). The van der Waals surface area contributed by atoms with Crippen LogP contribution in [0.2, 0.25) is 0 Å². The minimum Gasteiger partial charge on any atom is -0.497 e. The zero-order valence-electron chi connectivity index (χ0n) is 17.6. The number of carbonyl (C=O) groups is 1. The number of nitrogens with one attached hydrogen (secondary N) is 1. The molecule has 0 unspecified atom stereocenters. The Bertz CT molecular complexity index is 1060. The van der Waals surface area contributed by atoms with Gasteiger partial charge in [0.2, 0.25) is 5.75 Å². The first-order chi connectivity index (χ1) is 15.1. The summed E-state index contributed by atoms with van der Waals surface area (Å²) >= 11 is 0. The van der Waals surface area contributed by atoms with Crippen molar-refractivity contribution in [3.8, 4) is 34.3 Å². The Morgan fingerprint density at radius 3 is 2.19 bits per heavy atom. The highest BCUT2D eigenvalue weighted by Gasteiger charge is 2.13. The lowest BCUT2D eigenvalue weighted by Crippen LogP contribution is -2.19. The number of carbonyl (C=O) groups excluding carboxylic acids is 1. The lowest BCUT2D eigenvalue weighted by atomic mass is 10.1. The molecule has 9 heteroatoms. The van der Waals surface area contributed by atoms with Crippen molar-refractivity contribution < 1.29 is 23.7 Å². The van der Waals surface area contributed by atoms with Crippen LogP contribution in [0.1, 0.15) is 16.1 Å². The molecule has 2 aromatic carbocycles. The maximum atomic E-state index is 12.4. The van der Waals surface area contributed by atoms with Crippen molar-refractivity contribution in [3.05, 3.63) is 60.0 Å². The zero-order valence-corrected chi connectivity index (χ0v) is 17.6. The molecule has 0 saturated carbocycles. The second-order valence-corrected chi connectivity index (χ2v) is 6.18.